The molecule has 3 nitrogen and oxygen atoms in total. The predicted molar refractivity (Wildman–Crippen MR) is 85.8 cm³/mol. The van der Waals surface area contributed by atoms with Gasteiger partial charge in [0.15, 0.2) is 0 Å². The van der Waals surface area contributed by atoms with Crippen molar-refractivity contribution in [2.45, 2.75) is 20.5 Å². The SMILES string of the molecule is Cc1cc(B(O)O)cc(C)c1OCc1ccc(Cl)cc1.[HH].[HH]. The maximum atomic E-state index is 9.20. The van der Waals surface area contributed by atoms with Crippen molar-refractivity contribution in [3.63, 3.8) is 0 Å². The van der Waals surface area contributed by atoms with Gasteiger partial charge >= 0.3 is 7.12 Å². The number of ether oxygens (including phenoxy) is 1. The second-order valence-electron chi connectivity index (χ2n) is 4.77. The fourth-order valence-electron chi connectivity index (χ4n) is 2.10. The van der Waals surface area contributed by atoms with Gasteiger partial charge in [0.25, 0.3) is 0 Å². The van der Waals surface area contributed by atoms with Gasteiger partial charge in [-0.3, -0.25) is 0 Å². The molecule has 0 fully saturated rings. The molecule has 2 rings (SSSR count). The summed E-state index contributed by atoms with van der Waals surface area (Å²) in [5.41, 5.74) is 3.25. The number of hydrogen-bond donors (Lipinski definition) is 2. The van der Waals surface area contributed by atoms with Crippen molar-refractivity contribution in [1.82, 2.24) is 0 Å². The molecule has 5 heteroatoms. The maximum absolute atomic E-state index is 9.20. The van der Waals surface area contributed by atoms with Crippen LogP contribution in [-0.4, -0.2) is 17.2 Å². The molecule has 0 aliphatic carbocycles. The zero-order valence-corrected chi connectivity index (χ0v) is 12.2. The largest absolute Gasteiger partial charge is 0.488 e. The highest BCUT2D eigenvalue weighted by Crippen LogP contribution is 2.23. The lowest BCUT2D eigenvalue weighted by molar-refractivity contribution is 0.302. The molecule has 0 bridgehead atoms. The molecule has 0 atom stereocenters. The molecule has 0 heterocycles. The average molecular weight is 295 g/mol. The molecule has 2 aromatic rings. The summed E-state index contributed by atoms with van der Waals surface area (Å²) in [6.45, 7) is 4.21. The average Bonchev–Trinajstić information content (AvgIpc) is 2.39. The Morgan fingerprint density at radius 3 is 2.15 bits per heavy atom. The van der Waals surface area contributed by atoms with Gasteiger partial charge in [-0.05, 0) is 48.1 Å². The Morgan fingerprint density at radius 1 is 1.10 bits per heavy atom. The lowest BCUT2D eigenvalue weighted by atomic mass is 9.78. The van der Waals surface area contributed by atoms with Crippen LogP contribution < -0.4 is 10.2 Å². The van der Waals surface area contributed by atoms with Crippen molar-refractivity contribution in [1.29, 1.82) is 0 Å². The van der Waals surface area contributed by atoms with Crippen LogP contribution in [0.5, 0.6) is 5.75 Å². The molecule has 0 saturated carbocycles. The van der Waals surface area contributed by atoms with E-state index >= 15 is 0 Å². The van der Waals surface area contributed by atoms with E-state index in [2.05, 4.69) is 0 Å². The van der Waals surface area contributed by atoms with E-state index in [4.69, 9.17) is 16.3 Å². The third kappa shape index (κ3) is 3.54. The molecule has 0 aliphatic heterocycles. The summed E-state index contributed by atoms with van der Waals surface area (Å²) in [6.07, 6.45) is 0. The van der Waals surface area contributed by atoms with Gasteiger partial charge in [0, 0.05) is 7.88 Å². The highest BCUT2D eigenvalue weighted by molar-refractivity contribution is 6.58. The van der Waals surface area contributed by atoms with Crippen LogP contribution in [0.4, 0.5) is 0 Å². The van der Waals surface area contributed by atoms with Crippen LogP contribution in [0.2, 0.25) is 5.02 Å². The molecular weight excluding hydrogens is 274 g/mol. The molecule has 0 unspecified atom stereocenters. The lowest BCUT2D eigenvalue weighted by Gasteiger charge is -2.14. The van der Waals surface area contributed by atoms with Crippen molar-refractivity contribution in [3.05, 3.63) is 58.1 Å². The number of benzene rings is 2. The third-order valence-corrected chi connectivity index (χ3v) is 3.33. The summed E-state index contributed by atoms with van der Waals surface area (Å²) in [7, 11) is -1.46. The molecule has 0 spiro atoms. The first-order valence-electron chi connectivity index (χ1n) is 6.32. The van der Waals surface area contributed by atoms with E-state index in [-0.39, 0.29) is 2.85 Å². The lowest BCUT2D eigenvalue weighted by Crippen LogP contribution is -2.30. The van der Waals surface area contributed by atoms with Gasteiger partial charge in [-0.1, -0.05) is 35.9 Å². The fraction of sp³-hybridized carbons (Fsp3) is 0.200. The van der Waals surface area contributed by atoms with Gasteiger partial charge in [0.05, 0.1) is 0 Å². The Kier molecular flexibility index (Phi) is 4.71. The van der Waals surface area contributed by atoms with Crippen LogP contribution in [0.3, 0.4) is 0 Å². The van der Waals surface area contributed by atoms with E-state index in [1.165, 1.54) is 0 Å². The van der Waals surface area contributed by atoms with Gasteiger partial charge in [0.2, 0.25) is 0 Å². The summed E-state index contributed by atoms with van der Waals surface area (Å²) in [5.74, 6) is 0.768. The van der Waals surface area contributed by atoms with Crippen LogP contribution in [0.25, 0.3) is 0 Å². The highest BCUT2D eigenvalue weighted by atomic mass is 35.5. The van der Waals surface area contributed by atoms with Crippen LogP contribution in [0.15, 0.2) is 36.4 Å². The first-order chi connectivity index (χ1) is 9.47. The molecule has 0 amide bonds. The Morgan fingerprint density at radius 2 is 1.65 bits per heavy atom. The quantitative estimate of drug-likeness (QED) is 0.853. The van der Waals surface area contributed by atoms with Crippen LogP contribution >= 0.6 is 11.6 Å². The van der Waals surface area contributed by atoms with E-state index in [0.717, 1.165) is 22.4 Å². The fourth-order valence-corrected chi connectivity index (χ4v) is 2.22. The number of rotatable bonds is 4. The molecule has 0 aliphatic rings. The summed E-state index contributed by atoms with van der Waals surface area (Å²) < 4.78 is 5.82. The molecule has 0 saturated heterocycles. The predicted octanol–water partition coefficient (Wildman–Crippen LogP) is 2.71. The second-order valence-corrected chi connectivity index (χ2v) is 5.21. The maximum Gasteiger partial charge on any atom is 0.488 e. The Bertz CT molecular complexity index is 583. The van der Waals surface area contributed by atoms with E-state index in [9.17, 15) is 10.0 Å². The van der Waals surface area contributed by atoms with E-state index in [0.29, 0.717) is 17.1 Å². The number of halogens is 1. The number of hydrogen-bond acceptors (Lipinski definition) is 3. The summed E-state index contributed by atoms with van der Waals surface area (Å²) >= 11 is 5.84. The van der Waals surface area contributed by atoms with Crippen molar-refractivity contribution in [2.24, 2.45) is 0 Å². The Hall–Kier alpha value is -1.49. The standard InChI is InChI=1S/C15H16BClO3.2H2/c1-10-7-13(16(18)19)8-11(2)15(10)20-9-12-3-5-14(17)6-4-12;;/h3-8,18-19H,9H2,1-2H3;2*1H. The van der Waals surface area contributed by atoms with Crippen LogP contribution in [0.1, 0.15) is 19.5 Å². The molecule has 0 aromatic heterocycles. The summed E-state index contributed by atoms with van der Waals surface area (Å²) in [4.78, 5) is 0. The summed E-state index contributed by atoms with van der Waals surface area (Å²) in [5, 5.41) is 19.1. The number of aryl methyl sites for hydroxylation is 2. The minimum Gasteiger partial charge on any atom is -0.488 e. The molecule has 2 aromatic carbocycles. The van der Waals surface area contributed by atoms with Gasteiger partial charge in [0.1, 0.15) is 12.4 Å². The van der Waals surface area contributed by atoms with Crippen molar-refractivity contribution < 1.29 is 17.6 Å². The zero-order chi connectivity index (χ0) is 14.7. The van der Waals surface area contributed by atoms with Crippen LogP contribution in [0, 0.1) is 13.8 Å². The smallest absolute Gasteiger partial charge is 0.488 e. The molecule has 20 heavy (non-hydrogen) atoms. The minimum atomic E-state index is -1.46. The zero-order valence-electron chi connectivity index (χ0n) is 11.4. The Balaban J connectivity index is 0.00000220. The van der Waals surface area contributed by atoms with E-state index in [1.54, 1.807) is 12.1 Å². The molecule has 0 radical (unpaired) electrons. The first-order valence-corrected chi connectivity index (χ1v) is 6.69. The van der Waals surface area contributed by atoms with Gasteiger partial charge < -0.3 is 14.8 Å². The second kappa shape index (κ2) is 6.31. The summed E-state index contributed by atoms with van der Waals surface area (Å²) in [6, 6.07) is 10.9. The van der Waals surface area contributed by atoms with Crippen molar-refractivity contribution in [2.75, 3.05) is 0 Å². The third-order valence-electron chi connectivity index (χ3n) is 3.08. The monoisotopic (exact) mass is 294 g/mol. The molecule has 108 valence electrons. The molecule has 2 N–H and O–H groups in total. The van der Waals surface area contributed by atoms with Crippen molar-refractivity contribution >= 4 is 24.2 Å². The highest BCUT2D eigenvalue weighted by Gasteiger charge is 2.15. The van der Waals surface area contributed by atoms with Crippen LogP contribution in [-0.2, 0) is 6.61 Å². The topological polar surface area (TPSA) is 49.7 Å². The van der Waals surface area contributed by atoms with Gasteiger partial charge in [-0.25, -0.2) is 0 Å². The van der Waals surface area contributed by atoms with Gasteiger partial charge in [-0.2, -0.15) is 0 Å². The molecular formula is C15H20BClO3. The minimum absolute atomic E-state index is 0. The normalized spacial score (nSPS) is 10.4. The first kappa shape index (κ1) is 14.9. The Labute approximate surface area is 126 Å². The van der Waals surface area contributed by atoms with Crippen molar-refractivity contribution in [3.8, 4) is 5.75 Å². The van der Waals surface area contributed by atoms with E-state index in [1.807, 2.05) is 38.1 Å². The van der Waals surface area contributed by atoms with Gasteiger partial charge in [-0.15, -0.1) is 0 Å². The van der Waals surface area contributed by atoms with E-state index < -0.39 is 7.12 Å².